The molecule has 2 aromatic rings. The quantitative estimate of drug-likeness (QED) is 0.621. The minimum Gasteiger partial charge on any atom is -0.460 e. The molecule has 27 heavy (non-hydrogen) atoms. The van der Waals surface area contributed by atoms with Gasteiger partial charge < -0.3 is 19.8 Å². The molecule has 0 aromatic carbocycles. The van der Waals surface area contributed by atoms with E-state index in [2.05, 4.69) is 27.9 Å². The van der Waals surface area contributed by atoms with Gasteiger partial charge in [-0.1, -0.05) is 24.7 Å². The van der Waals surface area contributed by atoms with Crippen molar-refractivity contribution in [2.45, 2.75) is 56.1 Å². The molecule has 0 radical (unpaired) electrons. The second kappa shape index (κ2) is 7.56. The Morgan fingerprint density at radius 1 is 1.37 bits per heavy atom. The first kappa shape index (κ1) is 18.4. The molecule has 6 nitrogen and oxygen atoms in total. The van der Waals surface area contributed by atoms with Crippen LogP contribution in [0.5, 0.6) is 0 Å². The van der Waals surface area contributed by atoms with Crippen molar-refractivity contribution in [3.05, 3.63) is 36.3 Å². The van der Waals surface area contributed by atoms with E-state index in [1.54, 1.807) is 6.20 Å². The van der Waals surface area contributed by atoms with Crippen LogP contribution in [0, 0.1) is 0 Å². The number of carbonyl (C=O) groups is 1. The first-order valence-corrected chi connectivity index (χ1v) is 10.2. The van der Waals surface area contributed by atoms with Crippen molar-refractivity contribution in [2.75, 3.05) is 13.6 Å². The number of hydrogen-bond donors (Lipinski definition) is 2. The smallest absolute Gasteiger partial charge is 0.323 e. The van der Waals surface area contributed by atoms with E-state index in [-0.39, 0.29) is 18.1 Å². The Bertz CT molecular complexity index is 845. The molecule has 7 heteroatoms. The summed E-state index contributed by atoms with van der Waals surface area (Å²) in [5, 5.41) is 6.43. The zero-order valence-corrected chi connectivity index (χ0v) is 16.4. The summed E-state index contributed by atoms with van der Waals surface area (Å²) in [5.74, 6) is -0.147. The van der Waals surface area contributed by atoms with E-state index in [0.29, 0.717) is 0 Å². The SMILES string of the molecule is CNC(=S)C1(c2ccc3nccn3c2)CCCCC1OC(=O)[C@@H]1CCCN1. The molecular weight excluding hydrogens is 360 g/mol. The molecule has 2 N–H and O–H groups in total. The van der Waals surface area contributed by atoms with E-state index in [1.807, 2.05) is 23.7 Å². The van der Waals surface area contributed by atoms with Gasteiger partial charge in [0.2, 0.25) is 0 Å². The lowest BCUT2D eigenvalue weighted by molar-refractivity contribution is -0.155. The number of ether oxygens (including phenoxy) is 1. The minimum absolute atomic E-state index is 0.147. The number of likely N-dealkylation sites (N-methyl/N-ethyl adjacent to an activating group) is 1. The molecule has 3 atom stereocenters. The molecule has 2 aromatic heterocycles. The van der Waals surface area contributed by atoms with Gasteiger partial charge in [0.05, 0.1) is 10.4 Å². The number of nitrogens with zero attached hydrogens (tertiary/aromatic N) is 2. The second-order valence-corrected chi connectivity index (χ2v) is 7.89. The van der Waals surface area contributed by atoms with Crippen LogP contribution in [0.15, 0.2) is 30.7 Å². The molecule has 3 heterocycles. The van der Waals surface area contributed by atoms with Gasteiger partial charge in [-0.3, -0.25) is 4.79 Å². The molecule has 1 aliphatic heterocycles. The van der Waals surface area contributed by atoms with Crippen LogP contribution in [-0.4, -0.2) is 46.1 Å². The predicted octanol–water partition coefficient (Wildman–Crippen LogP) is 2.36. The maximum Gasteiger partial charge on any atom is 0.323 e. The lowest BCUT2D eigenvalue weighted by atomic mass is 9.67. The van der Waals surface area contributed by atoms with Gasteiger partial charge in [-0.05, 0) is 50.3 Å². The summed E-state index contributed by atoms with van der Waals surface area (Å²) < 4.78 is 8.11. The van der Waals surface area contributed by atoms with Crippen LogP contribution >= 0.6 is 12.2 Å². The van der Waals surface area contributed by atoms with E-state index in [4.69, 9.17) is 17.0 Å². The normalized spacial score (nSPS) is 28.2. The van der Waals surface area contributed by atoms with Crippen LogP contribution in [-0.2, 0) is 14.9 Å². The predicted molar refractivity (Wildman–Crippen MR) is 108 cm³/mol. The number of pyridine rings is 1. The molecule has 1 saturated carbocycles. The first-order chi connectivity index (χ1) is 13.1. The highest BCUT2D eigenvalue weighted by atomic mass is 32.1. The lowest BCUT2D eigenvalue weighted by Crippen LogP contribution is -2.54. The molecule has 2 aliphatic rings. The number of fused-ring (bicyclic) bond motifs is 1. The summed E-state index contributed by atoms with van der Waals surface area (Å²) >= 11 is 5.79. The molecular formula is C20H26N4O2S. The molecule has 0 amide bonds. The Morgan fingerprint density at radius 2 is 2.26 bits per heavy atom. The van der Waals surface area contributed by atoms with Gasteiger partial charge in [-0.25, -0.2) is 4.98 Å². The number of thiocarbonyl (C=S) groups is 1. The zero-order valence-electron chi connectivity index (χ0n) is 15.6. The molecule has 0 bridgehead atoms. The average Bonchev–Trinajstić information content (AvgIpc) is 3.39. The van der Waals surface area contributed by atoms with Crippen molar-refractivity contribution in [2.24, 2.45) is 0 Å². The van der Waals surface area contributed by atoms with E-state index in [9.17, 15) is 4.79 Å². The second-order valence-electron chi connectivity index (χ2n) is 7.48. The number of rotatable bonds is 4. The highest BCUT2D eigenvalue weighted by molar-refractivity contribution is 7.80. The fraction of sp³-hybridized carbons (Fsp3) is 0.550. The topological polar surface area (TPSA) is 67.7 Å². The maximum atomic E-state index is 12.8. The third-order valence-electron chi connectivity index (χ3n) is 5.98. The van der Waals surface area contributed by atoms with E-state index in [0.717, 1.165) is 61.3 Å². The number of nitrogens with one attached hydrogen (secondary N) is 2. The zero-order chi connectivity index (χ0) is 18.9. The average molecular weight is 387 g/mol. The van der Waals surface area contributed by atoms with Crippen LogP contribution in [0.2, 0.25) is 0 Å². The summed E-state index contributed by atoms with van der Waals surface area (Å²) in [6.45, 7) is 0.877. The Hall–Kier alpha value is -1.99. The Kier molecular flexibility index (Phi) is 5.14. The van der Waals surface area contributed by atoms with Gasteiger partial charge in [0.15, 0.2) is 0 Å². The summed E-state index contributed by atoms with van der Waals surface area (Å²) in [6, 6.07) is 3.89. The molecule has 0 spiro atoms. The van der Waals surface area contributed by atoms with Crippen LogP contribution in [0.4, 0.5) is 0 Å². The summed E-state index contributed by atoms with van der Waals surface area (Å²) in [5.41, 5.74) is 1.46. The van der Waals surface area contributed by atoms with E-state index < -0.39 is 5.41 Å². The highest BCUT2D eigenvalue weighted by Crippen LogP contribution is 2.42. The number of esters is 1. The third kappa shape index (κ3) is 3.23. The summed E-state index contributed by atoms with van der Waals surface area (Å²) in [4.78, 5) is 17.8. The first-order valence-electron chi connectivity index (χ1n) is 9.74. The van der Waals surface area contributed by atoms with Crippen molar-refractivity contribution >= 4 is 28.8 Å². The fourth-order valence-corrected chi connectivity index (χ4v) is 4.89. The van der Waals surface area contributed by atoms with Gasteiger partial charge in [0.25, 0.3) is 0 Å². The van der Waals surface area contributed by atoms with Gasteiger partial charge in [0.1, 0.15) is 17.8 Å². The monoisotopic (exact) mass is 386 g/mol. The van der Waals surface area contributed by atoms with Gasteiger partial charge in [0, 0.05) is 25.6 Å². The summed E-state index contributed by atoms with van der Waals surface area (Å²) in [6.07, 6.45) is 11.2. The number of carbonyl (C=O) groups excluding carboxylic acids is 1. The number of hydrogen-bond acceptors (Lipinski definition) is 5. The maximum absolute atomic E-state index is 12.8. The van der Waals surface area contributed by atoms with Crippen molar-refractivity contribution in [3.63, 3.8) is 0 Å². The molecule has 1 aliphatic carbocycles. The van der Waals surface area contributed by atoms with Crippen LogP contribution < -0.4 is 10.6 Å². The molecule has 2 unspecified atom stereocenters. The number of imidazole rings is 1. The standard InChI is InChI=1S/C20H26N4O2S/c1-21-19(27)20(14-7-8-17-23-11-12-24(17)13-14)9-3-2-6-16(20)26-18(25)15-5-4-10-22-15/h7-8,11-13,15-16,22H,2-6,9-10H2,1H3,(H,21,27)/t15-,16?,20?/m0/s1. The highest BCUT2D eigenvalue weighted by Gasteiger charge is 2.48. The summed E-state index contributed by atoms with van der Waals surface area (Å²) in [7, 11) is 1.85. The van der Waals surface area contributed by atoms with Crippen molar-refractivity contribution in [3.8, 4) is 0 Å². The van der Waals surface area contributed by atoms with Crippen LogP contribution in [0.25, 0.3) is 5.65 Å². The van der Waals surface area contributed by atoms with E-state index >= 15 is 0 Å². The van der Waals surface area contributed by atoms with Gasteiger partial charge in [-0.2, -0.15) is 0 Å². The molecule has 2 fully saturated rings. The largest absolute Gasteiger partial charge is 0.460 e. The van der Waals surface area contributed by atoms with E-state index in [1.165, 1.54) is 0 Å². The molecule has 1 saturated heterocycles. The van der Waals surface area contributed by atoms with Crippen molar-refractivity contribution < 1.29 is 9.53 Å². The van der Waals surface area contributed by atoms with Crippen LogP contribution in [0.3, 0.4) is 0 Å². The molecule has 4 rings (SSSR count). The van der Waals surface area contributed by atoms with Gasteiger partial charge in [-0.15, -0.1) is 0 Å². The van der Waals surface area contributed by atoms with Crippen molar-refractivity contribution in [1.82, 2.24) is 20.0 Å². The Morgan fingerprint density at radius 3 is 3.04 bits per heavy atom. The molecule has 144 valence electrons. The lowest BCUT2D eigenvalue weighted by Gasteiger charge is -2.44. The number of aromatic nitrogens is 2. The van der Waals surface area contributed by atoms with Gasteiger partial charge >= 0.3 is 5.97 Å². The third-order valence-corrected chi connectivity index (χ3v) is 6.54. The minimum atomic E-state index is -0.505. The van der Waals surface area contributed by atoms with Crippen LogP contribution in [0.1, 0.15) is 44.1 Å². The fourth-order valence-electron chi connectivity index (χ4n) is 4.54. The Balaban J connectivity index is 1.72. The Labute approximate surface area is 164 Å². The van der Waals surface area contributed by atoms with Crippen molar-refractivity contribution in [1.29, 1.82) is 0 Å².